The van der Waals surface area contributed by atoms with Crippen LogP contribution in [0.4, 0.5) is 0 Å². The third-order valence-corrected chi connectivity index (χ3v) is 14.4. The van der Waals surface area contributed by atoms with Gasteiger partial charge >= 0.3 is 5.97 Å². The van der Waals surface area contributed by atoms with Gasteiger partial charge in [-0.2, -0.15) is 0 Å². The number of unbranched alkanes of at least 4 members (excludes halogenated alkanes) is 2. The summed E-state index contributed by atoms with van der Waals surface area (Å²) in [4.78, 5) is 144. The molecule has 4 rings (SSSR count). The van der Waals surface area contributed by atoms with E-state index in [4.69, 9.17) is 40.1 Å². The number of aromatic amines is 2. The van der Waals surface area contributed by atoms with Crippen LogP contribution >= 0.6 is 0 Å². The van der Waals surface area contributed by atoms with Gasteiger partial charge in [-0.25, -0.2) is 9.78 Å². The van der Waals surface area contributed by atoms with Crippen LogP contribution in [0.1, 0.15) is 101 Å². The zero-order valence-electron chi connectivity index (χ0n) is 51.1. The number of para-hydroxylation sites is 1. The van der Waals surface area contributed by atoms with E-state index in [-0.39, 0.29) is 102 Å². The van der Waals surface area contributed by atoms with Gasteiger partial charge in [-0.3, -0.25) is 48.3 Å². The summed E-state index contributed by atoms with van der Waals surface area (Å²) < 4.78 is 0. The summed E-state index contributed by atoms with van der Waals surface area (Å²) in [6.45, 7) is 3.37. The number of carbonyl (C=O) groups excluding carboxylic acids is 8. The normalized spacial score (nSPS) is 14.2. The summed E-state index contributed by atoms with van der Waals surface area (Å²) in [5, 5.41) is 42.4. The second kappa shape index (κ2) is 38.9. The Balaban J connectivity index is 1.65. The summed E-state index contributed by atoms with van der Waals surface area (Å²) in [5.74, 6) is -8.75. The highest BCUT2D eigenvalue weighted by Crippen LogP contribution is 2.20. The van der Waals surface area contributed by atoms with E-state index in [0.717, 1.165) is 10.9 Å². The van der Waals surface area contributed by atoms with Crippen LogP contribution in [0.3, 0.4) is 0 Å². The van der Waals surface area contributed by atoms with Crippen LogP contribution in [-0.2, 0) is 62.4 Å². The molecule has 0 aliphatic carbocycles. The van der Waals surface area contributed by atoms with Gasteiger partial charge in [-0.1, -0.05) is 68.8 Å². The average molecular weight is 1260 g/mol. The van der Waals surface area contributed by atoms with Gasteiger partial charge in [-0.15, -0.1) is 0 Å². The molecule has 2 aromatic carbocycles. The van der Waals surface area contributed by atoms with Crippen molar-refractivity contribution in [3.05, 3.63) is 90.1 Å². The molecule has 4 aromatic rings. The van der Waals surface area contributed by atoms with Gasteiger partial charge in [0.25, 0.3) is 0 Å². The number of aliphatic hydroxyl groups is 1. The van der Waals surface area contributed by atoms with Crippen molar-refractivity contribution in [3.63, 3.8) is 0 Å². The molecular weight excluding hydrogens is 1160 g/mol. The fraction of sp³-hybridized carbons (Fsp3) is 0.525. The van der Waals surface area contributed by atoms with Crippen LogP contribution < -0.4 is 82.7 Å². The Labute approximate surface area is 522 Å². The number of imidazole rings is 1. The first kappa shape index (κ1) is 73.3. The lowest BCUT2D eigenvalue weighted by molar-refractivity contribution is -0.142. The molecule has 0 saturated carbocycles. The second-order valence-corrected chi connectivity index (χ2v) is 22.2. The highest BCUT2D eigenvalue weighted by atomic mass is 16.4. The second-order valence-electron chi connectivity index (χ2n) is 22.2. The predicted octanol–water partition coefficient (Wildman–Crippen LogP) is -3.39. The summed E-state index contributed by atoms with van der Waals surface area (Å²) in [6.07, 6.45) is 6.50. The number of H-pyrrole nitrogens is 2. The van der Waals surface area contributed by atoms with Gasteiger partial charge in [0.2, 0.25) is 47.3 Å². The molecule has 0 fully saturated rings. The molecule has 2 heterocycles. The van der Waals surface area contributed by atoms with Crippen LogP contribution in [0, 0.1) is 5.92 Å². The van der Waals surface area contributed by atoms with E-state index in [2.05, 4.69) is 67.5 Å². The summed E-state index contributed by atoms with van der Waals surface area (Å²) in [5.41, 5.74) is 42.2. The number of hydrogen-bond acceptors (Lipinski definition) is 16. The van der Waals surface area contributed by atoms with Gasteiger partial charge in [0.05, 0.1) is 19.0 Å². The van der Waals surface area contributed by atoms with Gasteiger partial charge in [0, 0.05) is 61.3 Å². The highest BCUT2D eigenvalue weighted by molar-refractivity contribution is 5.98. The summed E-state index contributed by atoms with van der Waals surface area (Å²) in [6, 6.07) is 3.43. The monoisotopic (exact) mass is 1260 g/mol. The van der Waals surface area contributed by atoms with Crippen LogP contribution in [0.15, 0.2) is 83.3 Å². The van der Waals surface area contributed by atoms with Gasteiger partial charge in [0.15, 0.2) is 11.9 Å². The van der Waals surface area contributed by atoms with E-state index in [1.165, 1.54) is 12.5 Å². The predicted molar refractivity (Wildman–Crippen MR) is 338 cm³/mol. The fourth-order valence-electron chi connectivity index (χ4n) is 9.63. The largest absolute Gasteiger partial charge is 0.480 e. The fourth-order valence-corrected chi connectivity index (χ4v) is 9.63. The number of carboxylic acids is 1. The molecule has 2 aromatic heterocycles. The lowest BCUT2D eigenvalue weighted by atomic mass is 9.99. The maximum atomic E-state index is 14.9. The number of carboxylic acid groups (broad SMARTS) is 1. The Kier molecular flexibility index (Phi) is 31.7. The van der Waals surface area contributed by atoms with Crippen molar-refractivity contribution in [2.75, 3.05) is 32.8 Å². The third kappa shape index (κ3) is 25.9. The number of hydrogen-bond donors (Lipinski definition) is 19. The topological polar surface area (TPSA) is 542 Å². The molecule has 0 unspecified atom stereocenters. The first-order valence-electron chi connectivity index (χ1n) is 30.1. The number of fused-ring (bicyclic) bond motifs is 1. The first-order chi connectivity index (χ1) is 43.0. The number of aromatic nitrogens is 3. The van der Waals surface area contributed by atoms with Crippen molar-refractivity contribution in [1.29, 1.82) is 0 Å². The smallest absolute Gasteiger partial charge is 0.326 e. The lowest BCUT2D eigenvalue weighted by Gasteiger charge is -2.28. The van der Waals surface area contributed by atoms with E-state index in [1.807, 2.05) is 18.2 Å². The summed E-state index contributed by atoms with van der Waals surface area (Å²) in [7, 11) is 0. The Morgan fingerprint density at radius 1 is 0.522 bits per heavy atom. The number of benzene rings is 2. The summed E-state index contributed by atoms with van der Waals surface area (Å²) >= 11 is 0. The minimum absolute atomic E-state index is 0.00195. The maximum absolute atomic E-state index is 14.9. The number of carbonyl (C=O) groups is 9. The van der Waals surface area contributed by atoms with E-state index in [0.29, 0.717) is 49.0 Å². The van der Waals surface area contributed by atoms with Crippen molar-refractivity contribution in [1.82, 2.24) is 57.5 Å². The Hall–Kier alpha value is -9.20. The molecule has 8 amide bonds. The van der Waals surface area contributed by atoms with Crippen LogP contribution in [-0.4, -0.2) is 177 Å². The lowest BCUT2D eigenvalue weighted by Crippen LogP contribution is -2.61. The van der Waals surface area contributed by atoms with E-state index in [1.54, 1.807) is 56.4 Å². The molecule has 31 heteroatoms. The van der Waals surface area contributed by atoms with Crippen LogP contribution in [0.2, 0.25) is 0 Å². The van der Waals surface area contributed by atoms with Crippen molar-refractivity contribution >= 4 is 76.0 Å². The van der Waals surface area contributed by atoms with E-state index < -0.39 is 114 Å². The van der Waals surface area contributed by atoms with E-state index in [9.17, 15) is 53.4 Å². The SMILES string of the molecule is CC(C)C[C@H](NC(=O)[C@H](CCCN=C(N)N)NC(=O)[C@H](Cc1c[nH]c2ccccc12)NC(=O)[C@H](CCCN=C(N)N)NC(=O)[C@@H](N)CCCCN)C(=O)N[C@@H](Cc1ccccc1)C(=O)N[C@@H](CO)C(=O)N[C@@H](CCCCN)C(=O)N[C@@H](Cc1cnc[nH]1)C(=O)O. The van der Waals surface area contributed by atoms with Gasteiger partial charge in [-0.05, 0) is 100 Å². The number of guanidine groups is 2. The minimum Gasteiger partial charge on any atom is -0.480 e. The Morgan fingerprint density at radius 3 is 1.50 bits per heavy atom. The van der Waals surface area contributed by atoms with Crippen LogP contribution in [0.25, 0.3) is 10.9 Å². The van der Waals surface area contributed by atoms with E-state index >= 15 is 0 Å². The van der Waals surface area contributed by atoms with Crippen molar-refractivity contribution in [2.45, 2.75) is 158 Å². The number of rotatable bonds is 42. The number of aliphatic imine (C=N–C) groups is 2. The number of nitrogens with zero attached hydrogens (tertiary/aromatic N) is 3. The molecule has 0 spiro atoms. The third-order valence-electron chi connectivity index (χ3n) is 14.4. The van der Waals surface area contributed by atoms with Gasteiger partial charge in [0.1, 0.15) is 48.3 Å². The zero-order valence-corrected chi connectivity index (χ0v) is 51.1. The molecule has 0 aliphatic heterocycles. The van der Waals surface area contributed by atoms with Crippen molar-refractivity contribution in [3.8, 4) is 0 Å². The van der Waals surface area contributed by atoms with Crippen molar-refractivity contribution < 1.29 is 53.4 Å². The van der Waals surface area contributed by atoms with Crippen molar-refractivity contribution in [2.24, 2.45) is 56.0 Å². The van der Waals surface area contributed by atoms with Crippen LogP contribution in [0.5, 0.6) is 0 Å². The molecule has 0 bridgehead atoms. The number of aliphatic carboxylic acids is 1. The zero-order chi connectivity index (χ0) is 66.1. The standard InChI is InChI=1S/C59H92N20O11/c1-34(2)26-44(53(85)76-45(27-35-14-4-3-5-15-35)54(86)79-48(32-80)56(88)74-41(19-9-11-23-61)52(84)78-47(57(89)90)29-37-31-67-33-71-37)75-51(83)43(21-13-25-69-59(65)66)73-55(87)46(28-36-30-70-40-18-7-6-16-38(36)40)77-50(82)42(20-12-24-68-58(63)64)72-49(81)39(62)17-8-10-22-60/h3-7,14-16,18,30-31,33-34,39,41-48,70,80H,8-13,17,19-29,32,60-62H2,1-2H3,(H,67,71)(H,72,81)(H,73,87)(H,74,88)(H,75,83)(H,76,85)(H,77,82)(H,78,84)(H,79,86)(H,89,90)(H4,63,64,68)(H4,65,66,69)/t39-,41-,42-,43-,44-,45-,46-,47-,48-/m0/s1. The number of aliphatic hydroxyl groups excluding tert-OH is 1. The molecule has 9 atom stereocenters. The molecule has 0 saturated heterocycles. The molecule has 31 nitrogen and oxygen atoms in total. The Bertz CT molecular complexity index is 2990. The van der Waals surface area contributed by atoms with Gasteiger partial charge < -0.3 is 103 Å². The quantitative estimate of drug-likeness (QED) is 0.0117. The maximum Gasteiger partial charge on any atom is 0.326 e. The number of nitrogens with two attached hydrogens (primary N) is 7. The first-order valence-corrected chi connectivity index (χ1v) is 30.1. The average Bonchev–Trinajstić information content (AvgIpc) is 2.80. The molecule has 0 aliphatic rings. The molecule has 0 radical (unpaired) electrons. The molecule has 90 heavy (non-hydrogen) atoms. The molecule has 26 N–H and O–H groups in total. The number of amides is 8. The molecule has 494 valence electrons. The molecular formula is C59H92N20O11. The highest BCUT2D eigenvalue weighted by Gasteiger charge is 2.36. The minimum atomic E-state index is -1.70. The Morgan fingerprint density at radius 2 is 0.978 bits per heavy atom. The number of nitrogens with one attached hydrogen (secondary N) is 10.